The van der Waals surface area contributed by atoms with Gasteiger partial charge in [-0.05, 0) is 36.6 Å². The Morgan fingerprint density at radius 3 is 2.70 bits per heavy atom. The second kappa shape index (κ2) is 6.10. The monoisotopic (exact) mass is 270 g/mol. The number of nitrogens with one attached hydrogen (secondary N) is 1. The third kappa shape index (κ3) is 3.51. The summed E-state index contributed by atoms with van der Waals surface area (Å²) < 4.78 is 0. The summed E-state index contributed by atoms with van der Waals surface area (Å²) in [7, 11) is 0. The standard InChI is InChI=1S/C16H18N2O2/c1-11-6-8-13(10-15(11)19)18-16(20)9-7-12-4-2-3-5-14(12)17/h2-6,8,10,19H,7,9,17H2,1H3,(H,18,20). The highest BCUT2D eigenvalue weighted by Gasteiger charge is 2.06. The van der Waals surface area contributed by atoms with Crippen LogP contribution in [-0.2, 0) is 11.2 Å². The van der Waals surface area contributed by atoms with Gasteiger partial charge in [-0.3, -0.25) is 4.79 Å². The van der Waals surface area contributed by atoms with E-state index in [9.17, 15) is 9.90 Å². The topological polar surface area (TPSA) is 75.4 Å². The van der Waals surface area contributed by atoms with Crippen molar-refractivity contribution in [3.8, 4) is 5.75 Å². The summed E-state index contributed by atoms with van der Waals surface area (Å²) in [6, 6.07) is 12.6. The molecule has 2 aromatic rings. The molecule has 2 aromatic carbocycles. The lowest BCUT2D eigenvalue weighted by molar-refractivity contribution is -0.116. The van der Waals surface area contributed by atoms with E-state index in [1.807, 2.05) is 24.3 Å². The van der Waals surface area contributed by atoms with Gasteiger partial charge in [-0.15, -0.1) is 0 Å². The number of carbonyl (C=O) groups is 1. The van der Waals surface area contributed by atoms with E-state index >= 15 is 0 Å². The zero-order valence-corrected chi connectivity index (χ0v) is 11.4. The van der Waals surface area contributed by atoms with E-state index in [1.165, 1.54) is 0 Å². The van der Waals surface area contributed by atoms with Gasteiger partial charge in [0, 0.05) is 23.9 Å². The van der Waals surface area contributed by atoms with Crippen LogP contribution in [0.1, 0.15) is 17.5 Å². The van der Waals surface area contributed by atoms with Gasteiger partial charge in [0.25, 0.3) is 0 Å². The number of amides is 1. The number of anilines is 2. The maximum Gasteiger partial charge on any atom is 0.224 e. The summed E-state index contributed by atoms with van der Waals surface area (Å²) in [4.78, 5) is 11.9. The second-order valence-corrected chi connectivity index (χ2v) is 4.75. The number of para-hydroxylation sites is 1. The molecule has 4 nitrogen and oxygen atoms in total. The minimum atomic E-state index is -0.100. The zero-order valence-electron chi connectivity index (χ0n) is 11.4. The molecule has 0 heterocycles. The summed E-state index contributed by atoms with van der Waals surface area (Å²) in [6.07, 6.45) is 0.944. The lowest BCUT2D eigenvalue weighted by atomic mass is 10.1. The van der Waals surface area contributed by atoms with Gasteiger partial charge in [0.15, 0.2) is 0 Å². The van der Waals surface area contributed by atoms with Crippen LogP contribution in [0.4, 0.5) is 11.4 Å². The van der Waals surface area contributed by atoms with Crippen molar-refractivity contribution < 1.29 is 9.90 Å². The van der Waals surface area contributed by atoms with Crippen molar-refractivity contribution in [1.29, 1.82) is 0 Å². The Morgan fingerprint density at radius 1 is 1.25 bits per heavy atom. The molecule has 0 unspecified atom stereocenters. The molecule has 4 N–H and O–H groups in total. The maximum atomic E-state index is 11.9. The first-order valence-corrected chi connectivity index (χ1v) is 6.49. The molecule has 0 fully saturated rings. The number of rotatable bonds is 4. The van der Waals surface area contributed by atoms with Crippen LogP contribution >= 0.6 is 0 Å². The Balaban J connectivity index is 1.93. The van der Waals surface area contributed by atoms with E-state index in [4.69, 9.17) is 5.73 Å². The highest BCUT2D eigenvalue weighted by molar-refractivity contribution is 5.91. The van der Waals surface area contributed by atoms with Crippen molar-refractivity contribution in [1.82, 2.24) is 0 Å². The van der Waals surface area contributed by atoms with Crippen LogP contribution in [0.15, 0.2) is 42.5 Å². The number of nitrogen functional groups attached to an aromatic ring is 1. The maximum absolute atomic E-state index is 11.9. The molecule has 0 bridgehead atoms. The van der Waals surface area contributed by atoms with Crippen molar-refractivity contribution in [2.45, 2.75) is 19.8 Å². The van der Waals surface area contributed by atoms with Gasteiger partial charge in [0.05, 0.1) is 0 Å². The fraction of sp³-hybridized carbons (Fsp3) is 0.188. The largest absolute Gasteiger partial charge is 0.508 e. The lowest BCUT2D eigenvalue weighted by Gasteiger charge is -2.08. The molecule has 0 spiro atoms. The molecule has 0 atom stereocenters. The smallest absolute Gasteiger partial charge is 0.224 e. The number of hydrogen-bond donors (Lipinski definition) is 3. The summed E-state index contributed by atoms with van der Waals surface area (Å²) in [5, 5.41) is 12.3. The zero-order chi connectivity index (χ0) is 14.5. The predicted molar refractivity (Wildman–Crippen MR) is 80.6 cm³/mol. The van der Waals surface area contributed by atoms with Gasteiger partial charge in [-0.2, -0.15) is 0 Å². The molecule has 20 heavy (non-hydrogen) atoms. The van der Waals surface area contributed by atoms with Gasteiger partial charge in [0.1, 0.15) is 5.75 Å². The van der Waals surface area contributed by atoms with Crippen LogP contribution in [0.3, 0.4) is 0 Å². The Bertz CT molecular complexity index is 624. The van der Waals surface area contributed by atoms with Crippen molar-refractivity contribution in [2.24, 2.45) is 0 Å². The van der Waals surface area contributed by atoms with Gasteiger partial charge < -0.3 is 16.2 Å². The highest BCUT2D eigenvalue weighted by atomic mass is 16.3. The quantitative estimate of drug-likeness (QED) is 0.748. The third-order valence-electron chi connectivity index (χ3n) is 3.17. The van der Waals surface area contributed by atoms with Gasteiger partial charge in [-0.25, -0.2) is 0 Å². The van der Waals surface area contributed by atoms with E-state index in [0.717, 1.165) is 11.1 Å². The fourth-order valence-corrected chi connectivity index (χ4v) is 1.92. The van der Waals surface area contributed by atoms with Crippen molar-refractivity contribution in [2.75, 3.05) is 11.1 Å². The van der Waals surface area contributed by atoms with Gasteiger partial charge >= 0.3 is 0 Å². The summed E-state index contributed by atoms with van der Waals surface area (Å²) in [5.74, 6) is 0.0756. The summed E-state index contributed by atoms with van der Waals surface area (Å²) >= 11 is 0. The predicted octanol–water partition coefficient (Wildman–Crippen LogP) is 2.85. The van der Waals surface area contributed by atoms with E-state index in [2.05, 4.69) is 5.32 Å². The molecule has 4 heteroatoms. The summed E-state index contributed by atoms with van der Waals surface area (Å²) in [6.45, 7) is 1.80. The van der Waals surface area contributed by atoms with Crippen molar-refractivity contribution in [3.05, 3.63) is 53.6 Å². The van der Waals surface area contributed by atoms with E-state index < -0.39 is 0 Å². The SMILES string of the molecule is Cc1ccc(NC(=O)CCc2ccccc2N)cc1O. The van der Waals surface area contributed by atoms with E-state index in [0.29, 0.717) is 24.2 Å². The van der Waals surface area contributed by atoms with Crippen molar-refractivity contribution >= 4 is 17.3 Å². The number of hydrogen-bond acceptors (Lipinski definition) is 3. The number of nitrogens with two attached hydrogens (primary N) is 1. The number of phenols is 1. The minimum Gasteiger partial charge on any atom is -0.508 e. The number of phenolic OH excluding ortho intramolecular Hbond substituents is 1. The molecule has 0 radical (unpaired) electrons. The Morgan fingerprint density at radius 2 is 2.00 bits per heavy atom. The first-order valence-electron chi connectivity index (χ1n) is 6.49. The van der Waals surface area contributed by atoms with Crippen LogP contribution in [0, 0.1) is 6.92 Å². The molecular formula is C16H18N2O2. The van der Waals surface area contributed by atoms with Crippen molar-refractivity contribution in [3.63, 3.8) is 0 Å². The Hall–Kier alpha value is -2.49. The first kappa shape index (κ1) is 13.9. The van der Waals surface area contributed by atoms with Crippen LogP contribution < -0.4 is 11.1 Å². The molecule has 104 valence electrons. The lowest BCUT2D eigenvalue weighted by Crippen LogP contribution is -2.12. The molecule has 0 aliphatic carbocycles. The average Bonchev–Trinajstić information content (AvgIpc) is 2.42. The van der Waals surface area contributed by atoms with Crippen LogP contribution in [0.2, 0.25) is 0 Å². The van der Waals surface area contributed by atoms with Crippen LogP contribution in [0.25, 0.3) is 0 Å². The van der Waals surface area contributed by atoms with Crippen LogP contribution in [0.5, 0.6) is 5.75 Å². The summed E-state index contributed by atoms with van der Waals surface area (Å²) in [5.41, 5.74) is 8.87. The molecule has 0 aliphatic rings. The number of benzene rings is 2. The number of aromatic hydroxyl groups is 1. The highest BCUT2D eigenvalue weighted by Crippen LogP contribution is 2.21. The average molecular weight is 270 g/mol. The second-order valence-electron chi connectivity index (χ2n) is 4.75. The minimum absolute atomic E-state index is 0.100. The van der Waals surface area contributed by atoms with E-state index in [-0.39, 0.29) is 11.7 Å². The van der Waals surface area contributed by atoms with Gasteiger partial charge in [-0.1, -0.05) is 24.3 Å². The molecule has 2 rings (SSSR count). The number of carbonyl (C=O) groups excluding carboxylic acids is 1. The molecule has 0 aromatic heterocycles. The molecule has 0 aliphatic heterocycles. The van der Waals surface area contributed by atoms with Crippen LogP contribution in [-0.4, -0.2) is 11.0 Å². The first-order chi connectivity index (χ1) is 9.56. The van der Waals surface area contributed by atoms with E-state index in [1.54, 1.807) is 25.1 Å². The normalized spacial score (nSPS) is 10.2. The fourth-order valence-electron chi connectivity index (χ4n) is 1.92. The molecular weight excluding hydrogens is 252 g/mol. The Labute approximate surface area is 118 Å². The molecule has 1 amide bonds. The third-order valence-corrected chi connectivity index (χ3v) is 3.17. The Kier molecular flexibility index (Phi) is 4.25. The molecule has 0 saturated heterocycles. The van der Waals surface area contributed by atoms with Gasteiger partial charge in [0.2, 0.25) is 5.91 Å². The molecule has 0 saturated carbocycles. The number of aryl methyl sites for hydroxylation is 2.